The van der Waals surface area contributed by atoms with Crippen LogP contribution in [-0.4, -0.2) is 40.0 Å². The first-order valence-corrected chi connectivity index (χ1v) is 7.12. The maximum Gasteiger partial charge on any atom is 0.270 e. The smallest absolute Gasteiger partial charge is 0.270 e. The van der Waals surface area contributed by atoms with E-state index in [9.17, 15) is 20.0 Å². The number of benzene rings is 1. The fourth-order valence-electron chi connectivity index (χ4n) is 2.76. The van der Waals surface area contributed by atoms with Crippen molar-refractivity contribution in [2.75, 3.05) is 13.1 Å². The Morgan fingerprint density at radius 1 is 1.38 bits per heavy atom. The number of nitro benzene ring substituents is 1. The highest BCUT2D eigenvalue weighted by Gasteiger charge is 2.26. The number of non-ortho nitro benzene ring substituents is 1. The van der Waals surface area contributed by atoms with E-state index in [2.05, 4.69) is 0 Å². The average Bonchev–Trinajstić information content (AvgIpc) is 2.45. The van der Waals surface area contributed by atoms with Gasteiger partial charge in [-0.2, -0.15) is 0 Å². The maximum atomic E-state index is 12.4. The Morgan fingerprint density at radius 2 is 2.00 bits per heavy atom. The summed E-state index contributed by atoms with van der Waals surface area (Å²) >= 11 is 0. The van der Waals surface area contributed by atoms with E-state index in [1.54, 1.807) is 24.8 Å². The number of nitrogens with zero attached hydrogens (tertiary/aromatic N) is 2. The summed E-state index contributed by atoms with van der Waals surface area (Å²) in [5.41, 5.74) is 1.00. The Bertz CT molecular complexity index is 549. The zero-order valence-electron chi connectivity index (χ0n) is 12.3. The second-order valence-electron chi connectivity index (χ2n) is 5.68. The van der Waals surface area contributed by atoms with Crippen LogP contribution in [0.1, 0.15) is 35.7 Å². The molecular formula is C15H20N2O4. The van der Waals surface area contributed by atoms with Gasteiger partial charge in [0.05, 0.1) is 11.0 Å². The van der Waals surface area contributed by atoms with Gasteiger partial charge in [-0.1, -0.05) is 0 Å². The number of rotatable bonds is 3. The highest BCUT2D eigenvalue weighted by Crippen LogP contribution is 2.23. The number of nitro groups is 1. The van der Waals surface area contributed by atoms with E-state index in [0.717, 1.165) is 12.8 Å². The van der Waals surface area contributed by atoms with Crippen molar-refractivity contribution in [1.29, 1.82) is 0 Å². The summed E-state index contributed by atoms with van der Waals surface area (Å²) in [4.78, 5) is 24.5. The van der Waals surface area contributed by atoms with E-state index in [0.29, 0.717) is 24.2 Å². The molecule has 21 heavy (non-hydrogen) atoms. The van der Waals surface area contributed by atoms with E-state index in [1.165, 1.54) is 12.1 Å². The Kier molecular flexibility index (Phi) is 4.57. The van der Waals surface area contributed by atoms with E-state index < -0.39 is 4.92 Å². The summed E-state index contributed by atoms with van der Waals surface area (Å²) < 4.78 is 0. The summed E-state index contributed by atoms with van der Waals surface area (Å²) in [6.45, 7) is 4.67. The summed E-state index contributed by atoms with van der Waals surface area (Å²) in [7, 11) is 0. The second kappa shape index (κ2) is 6.22. The van der Waals surface area contributed by atoms with Gasteiger partial charge in [0.2, 0.25) is 0 Å². The molecule has 1 atom stereocenters. The van der Waals surface area contributed by atoms with Crippen LogP contribution in [0.3, 0.4) is 0 Å². The largest absolute Gasteiger partial charge is 0.393 e. The molecular weight excluding hydrogens is 272 g/mol. The predicted octanol–water partition coefficient (Wildman–Crippen LogP) is 2.14. The van der Waals surface area contributed by atoms with Crippen LogP contribution in [0, 0.1) is 23.0 Å². The molecule has 0 aromatic heterocycles. The molecule has 0 aliphatic carbocycles. The Labute approximate surface area is 123 Å². The van der Waals surface area contributed by atoms with Crippen LogP contribution in [-0.2, 0) is 0 Å². The van der Waals surface area contributed by atoms with Crippen LogP contribution in [0.25, 0.3) is 0 Å². The third kappa shape index (κ3) is 3.58. The molecule has 1 aliphatic rings. The van der Waals surface area contributed by atoms with Gasteiger partial charge in [0, 0.05) is 30.8 Å². The molecule has 1 saturated heterocycles. The first kappa shape index (κ1) is 15.4. The Balaban J connectivity index is 2.12. The number of aryl methyl sites for hydroxylation is 1. The van der Waals surface area contributed by atoms with Crippen molar-refractivity contribution in [3.63, 3.8) is 0 Å². The van der Waals surface area contributed by atoms with Crippen LogP contribution in [0.5, 0.6) is 0 Å². The van der Waals surface area contributed by atoms with Gasteiger partial charge >= 0.3 is 0 Å². The zero-order valence-corrected chi connectivity index (χ0v) is 12.3. The molecule has 0 radical (unpaired) electrons. The lowest BCUT2D eigenvalue weighted by Gasteiger charge is -2.33. The van der Waals surface area contributed by atoms with Crippen LogP contribution in [0.2, 0.25) is 0 Å². The molecule has 1 N–H and O–H groups in total. The molecule has 0 saturated carbocycles. The zero-order chi connectivity index (χ0) is 15.6. The van der Waals surface area contributed by atoms with Gasteiger partial charge in [-0.3, -0.25) is 14.9 Å². The molecule has 114 valence electrons. The lowest BCUT2D eigenvalue weighted by molar-refractivity contribution is -0.384. The molecule has 1 heterocycles. The van der Waals surface area contributed by atoms with Gasteiger partial charge < -0.3 is 10.0 Å². The quantitative estimate of drug-likeness (QED) is 0.683. The second-order valence-corrected chi connectivity index (χ2v) is 5.68. The molecule has 2 rings (SSSR count). The molecule has 6 heteroatoms. The first-order valence-electron chi connectivity index (χ1n) is 7.12. The molecule has 1 amide bonds. The molecule has 1 aromatic carbocycles. The minimum Gasteiger partial charge on any atom is -0.393 e. The van der Waals surface area contributed by atoms with Crippen LogP contribution in [0.4, 0.5) is 5.69 Å². The van der Waals surface area contributed by atoms with Crippen LogP contribution in [0.15, 0.2) is 18.2 Å². The van der Waals surface area contributed by atoms with Gasteiger partial charge in [-0.25, -0.2) is 0 Å². The molecule has 1 unspecified atom stereocenters. The maximum absolute atomic E-state index is 12.4. The van der Waals surface area contributed by atoms with Crippen molar-refractivity contribution < 1.29 is 14.8 Å². The Hall–Kier alpha value is -1.95. The topological polar surface area (TPSA) is 83.7 Å². The average molecular weight is 292 g/mol. The van der Waals surface area contributed by atoms with E-state index in [4.69, 9.17) is 0 Å². The van der Waals surface area contributed by atoms with E-state index >= 15 is 0 Å². The standard InChI is InChI=1S/C15H20N2O4/c1-10-7-13(9-14(8-10)17(20)21)15(19)16-5-3-12(4-6-16)11(2)18/h7-9,11-12,18H,3-6H2,1-2H3. The fourth-order valence-corrected chi connectivity index (χ4v) is 2.76. The number of carbonyl (C=O) groups is 1. The molecule has 0 bridgehead atoms. The number of piperidine rings is 1. The molecule has 1 aromatic rings. The SMILES string of the molecule is Cc1cc(C(=O)N2CCC(C(C)O)CC2)cc([N+](=O)[O-])c1. The summed E-state index contributed by atoms with van der Waals surface area (Å²) in [5, 5.41) is 20.4. The lowest BCUT2D eigenvalue weighted by Crippen LogP contribution is -2.40. The monoisotopic (exact) mass is 292 g/mol. The number of hydrogen-bond acceptors (Lipinski definition) is 4. The van der Waals surface area contributed by atoms with Crippen molar-refractivity contribution >= 4 is 11.6 Å². The van der Waals surface area contributed by atoms with Gasteiger partial charge in [0.15, 0.2) is 0 Å². The Morgan fingerprint density at radius 3 is 2.52 bits per heavy atom. The van der Waals surface area contributed by atoms with Gasteiger partial charge in [-0.05, 0) is 44.2 Å². The number of amides is 1. The number of aliphatic hydroxyl groups excluding tert-OH is 1. The van der Waals surface area contributed by atoms with Gasteiger partial charge in [-0.15, -0.1) is 0 Å². The highest BCUT2D eigenvalue weighted by atomic mass is 16.6. The predicted molar refractivity (Wildman–Crippen MR) is 78.1 cm³/mol. The normalized spacial score (nSPS) is 17.6. The molecule has 0 spiro atoms. The molecule has 1 aliphatic heterocycles. The number of hydrogen-bond donors (Lipinski definition) is 1. The van der Waals surface area contributed by atoms with Crippen molar-refractivity contribution in [2.24, 2.45) is 5.92 Å². The van der Waals surface area contributed by atoms with Gasteiger partial charge in [0.1, 0.15) is 0 Å². The number of aliphatic hydroxyl groups is 1. The van der Waals surface area contributed by atoms with Gasteiger partial charge in [0.25, 0.3) is 11.6 Å². The van der Waals surface area contributed by atoms with Crippen molar-refractivity contribution in [2.45, 2.75) is 32.8 Å². The molecule has 6 nitrogen and oxygen atoms in total. The third-order valence-electron chi connectivity index (χ3n) is 4.03. The van der Waals surface area contributed by atoms with Crippen LogP contribution >= 0.6 is 0 Å². The highest BCUT2D eigenvalue weighted by molar-refractivity contribution is 5.95. The number of carbonyl (C=O) groups excluding carboxylic acids is 1. The summed E-state index contributed by atoms with van der Waals surface area (Å²) in [5.74, 6) is 0.0479. The minimum atomic E-state index is -0.483. The first-order chi connectivity index (χ1) is 9.88. The van der Waals surface area contributed by atoms with Crippen molar-refractivity contribution in [3.05, 3.63) is 39.4 Å². The minimum absolute atomic E-state index is 0.0581. The van der Waals surface area contributed by atoms with Crippen LogP contribution < -0.4 is 0 Å². The van der Waals surface area contributed by atoms with Crippen molar-refractivity contribution in [1.82, 2.24) is 4.90 Å². The van der Waals surface area contributed by atoms with E-state index in [1.807, 2.05) is 0 Å². The van der Waals surface area contributed by atoms with E-state index in [-0.39, 0.29) is 23.6 Å². The molecule has 1 fully saturated rings. The summed E-state index contributed by atoms with van der Waals surface area (Å²) in [6.07, 6.45) is 1.16. The number of likely N-dealkylation sites (tertiary alicyclic amines) is 1. The summed E-state index contributed by atoms with van der Waals surface area (Å²) in [6, 6.07) is 4.46. The third-order valence-corrected chi connectivity index (χ3v) is 4.03. The fraction of sp³-hybridized carbons (Fsp3) is 0.533. The van der Waals surface area contributed by atoms with Crippen molar-refractivity contribution in [3.8, 4) is 0 Å². The lowest BCUT2D eigenvalue weighted by atomic mass is 9.92.